The van der Waals surface area contributed by atoms with E-state index in [0.717, 1.165) is 5.56 Å². The van der Waals surface area contributed by atoms with Gasteiger partial charge in [0, 0.05) is 5.56 Å². The number of ether oxygens (including phenoxy) is 1. The number of carbonyl (C=O) groups is 2. The monoisotopic (exact) mass is 449 g/mol. The van der Waals surface area contributed by atoms with Crippen LogP contribution in [0.15, 0.2) is 59.1 Å². The minimum atomic E-state index is -0.735. The summed E-state index contributed by atoms with van der Waals surface area (Å²) in [6.07, 6.45) is 2.64. The lowest BCUT2D eigenvalue weighted by Gasteiger charge is -2.26. The summed E-state index contributed by atoms with van der Waals surface area (Å²) in [4.78, 5) is 28.0. The Kier molecular flexibility index (Phi) is 6.44. The Labute approximate surface area is 192 Å². The van der Waals surface area contributed by atoms with Crippen LogP contribution < -0.4 is 10.1 Å². The average Bonchev–Trinajstić information content (AvgIpc) is 3.30. The fourth-order valence-electron chi connectivity index (χ4n) is 3.99. The Balaban J connectivity index is 1.34. The molecule has 0 atom stereocenters. The standard InChI is InChI=1S/C25H27N3O5/c1-25(2,18-6-4-3-5-7-18)23-27-24(33-28-23)26-21(29)16-8-12-19(13-9-16)32-20-14-10-17(11-15-20)22(30)31/h3-9,12-13,17,20H,10-11,14-15H2,1-2H3,(H,30,31)(H,26,27,28,29)/t17-,20+. The Bertz CT molecular complexity index is 1100. The van der Waals surface area contributed by atoms with E-state index in [-0.39, 0.29) is 23.9 Å². The second kappa shape index (κ2) is 9.44. The van der Waals surface area contributed by atoms with E-state index in [9.17, 15) is 9.59 Å². The number of benzene rings is 2. The van der Waals surface area contributed by atoms with Crippen LogP contribution in [-0.4, -0.2) is 33.2 Å². The molecule has 1 amide bonds. The summed E-state index contributed by atoms with van der Waals surface area (Å²) >= 11 is 0. The molecule has 0 saturated heterocycles. The van der Waals surface area contributed by atoms with Gasteiger partial charge in [0.15, 0.2) is 5.82 Å². The van der Waals surface area contributed by atoms with Gasteiger partial charge in [-0.3, -0.25) is 14.9 Å². The van der Waals surface area contributed by atoms with E-state index in [0.29, 0.717) is 42.8 Å². The second-order valence-corrected chi connectivity index (χ2v) is 8.82. The van der Waals surface area contributed by atoms with Crippen molar-refractivity contribution >= 4 is 17.9 Å². The molecular formula is C25H27N3O5. The van der Waals surface area contributed by atoms with Gasteiger partial charge in [-0.2, -0.15) is 4.98 Å². The van der Waals surface area contributed by atoms with E-state index in [1.807, 2.05) is 44.2 Å². The number of aromatic nitrogens is 2. The summed E-state index contributed by atoms with van der Waals surface area (Å²) in [5.41, 5.74) is 0.991. The Hall–Kier alpha value is -3.68. The predicted octanol–water partition coefficient (Wildman–Crippen LogP) is 4.67. The third kappa shape index (κ3) is 5.22. The lowest BCUT2D eigenvalue weighted by atomic mass is 9.84. The zero-order valence-electron chi connectivity index (χ0n) is 18.7. The van der Waals surface area contributed by atoms with Crippen LogP contribution in [0.25, 0.3) is 0 Å². The van der Waals surface area contributed by atoms with Gasteiger partial charge in [-0.25, -0.2) is 0 Å². The first-order chi connectivity index (χ1) is 15.8. The SMILES string of the molecule is CC(C)(c1ccccc1)c1noc(NC(=O)c2ccc(O[C@H]3CC[C@@H](C(=O)O)CC3)cc2)n1. The molecular weight excluding hydrogens is 422 g/mol. The van der Waals surface area contributed by atoms with Crippen molar-refractivity contribution in [1.82, 2.24) is 10.1 Å². The Morgan fingerprint density at radius 3 is 2.33 bits per heavy atom. The maximum Gasteiger partial charge on any atom is 0.328 e. The number of hydrogen-bond donors (Lipinski definition) is 2. The second-order valence-electron chi connectivity index (χ2n) is 8.82. The third-order valence-corrected chi connectivity index (χ3v) is 6.14. The quantitative estimate of drug-likeness (QED) is 0.539. The van der Waals surface area contributed by atoms with Crippen molar-refractivity contribution in [3.63, 3.8) is 0 Å². The first kappa shape index (κ1) is 22.5. The largest absolute Gasteiger partial charge is 0.490 e. The molecule has 1 aromatic heterocycles. The van der Waals surface area contributed by atoms with Crippen LogP contribution in [0.3, 0.4) is 0 Å². The van der Waals surface area contributed by atoms with Crippen LogP contribution in [0.5, 0.6) is 5.75 Å². The molecule has 2 N–H and O–H groups in total. The zero-order chi connectivity index (χ0) is 23.4. The highest BCUT2D eigenvalue weighted by atomic mass is 16.5. The van der Waals surface area contributed by atoms with E-state index in [2.05, 4.69) is 15.5 Å². The lowest BCUT2D eigenvalue weighted by Crippen LogP contribution is -2.27. The zero-order valence-corrected chi connectivity index (χ0v) is 18.7. The number of carbonyl (C=O) groups excluding carboxylic acids is 1. The van der Waals surface area contributed by atoms with E-state index in [1.165, 1.54) is 0 Å². The molecule has 33 heavy (non-hydrogen) atoms. The molecule has 1 heterocycles. The summed E-state index contributed by atoms with van der Waals surface area (Å²) < 4.78 is 11.2. The van der Waals surface area contributed by atoms with Crippen LogP contribution in [0.1, 0.15) is 61.3 Å². The molecule has 1 fully saturated rings. The molecule has 1 aliphatic carbocycles. The molecule has 2 aromatic carbocycles. The molecule has 0 unspecified atom stereocenters. The van der Waals surface area contributed by atoms with Crippen molar-refractivity contribution in [2.24, 2.45) is 5.92 Å². The highest BCUT2D eigenvalue weighted by Gasteiger charge is 2.29. The van der Waals surface area contributed by atoms with Crippen molar-refractivity contribution in [2.75, 3.05) is 5.32 Å². The smallest absolute Gasteiger partial charge is 0.328 e. The minimum absolute atomic E-state index is 0.00920. The number of anilines is 1. The summed E-state index contributed by atoms with van der Waals surface area (Å²) in [5, 5.41) is 15.8. The van der Waals surface area contributed by atoms with Gasteiger partial charge in [0.05, 0.1) is 17.4 Å². The third-order valence-electron chi connectivity index (χ3n) is 6.14. The lowest BCUT2D eigenvalue weighted by molar-refractivity contribution is -0.143. The molecule has 3 aromatic rings. The van der Waals surface area contributed by atoms with Gasteiger partial charge in [-0.1, -0.05) is 35.5 Å². The maximum atomic E-state index is 12.6. The number of rotatable bonds is 7. The van der Waals surface area contributed by atoms with Crippen LogP contribution in [0.4, 0.5) is 6.01 Å². The van der Waals surface area contributed by atoms with Crippen LogP contribution in [0.2, 0.25) is 0 Å². The summed E-state index contributed by atoms with van der Waals surface area (Å²) in [5.74, 6) is -0.253. The van der Waals surface area contributed by atoms with Crippen molar-refractivity contribution in [3.05, 3.63) is 71.5 Å². The van der Waals surface area contributed by atoms with Gasteiger partial charge in [0.2, 0.25) is 0 Å². The molecule has 0 aliphatic heterocycles. The molecule has 4 rings (SSSR count). The van der Waals surface area contributed by atoms with E-state index in [1.54, 1.807) is 24.3 Å². The first-order valence-corrected chi connectivity index (χ1v) is 11.0. The molecule has 0 spiro atoms. The van der Waals surface area contributed by atoms with Crippen molar-refractivity contribution in [2.45, 2.75) is 51.0 Å². The Morgan fingerprint density at radius 2 is 1.70 bits per heavy atom. The van der Waals surface area contributed by atoms with Crippen molar-refractivity contribution < 1.29 is 24.0 Å². The molecule has 1 saturated carbocycles. The van der Waals surface area contributed by atoms with Gasteiger partial charge in [-0.05, 0) is 69.4 Å². The van der Waals surface area contributed by atoms with E-state index < -0.39 is 11.4 Å². The van der Waals surface area contributed by atoms with Crippen LogP contribution in [-0.2, 0) is 10.2 Å². The normalized spacial score (nSPS) is 18.5. The molecule has 8 nitrogen and oxygen atoms in total. The predicted molar refractivity (Wildman–Crippen MR) is 121 cm³/mol. The molecule has 1 aliphatic rings. The summed E-state index contributed by atoms with van der Waals surface area (Å²) in [6.45, 7) is 3.98. The van der Waals surface area contributed by atoms with Gasteiger partial charge in [-0.15, -0.1) is 0 Å². The number of nitrogens with one attached hydrogen (secondary N) is 1. The van der Waals surface area contributed by atoms with Gasteiger partial charge in [0.1, 0.15) is 5.75 Å². The fraction of sp³-hybridized carbons (Fsp3) is 0.360. The van der Waals surface area contributed by atoms with Crippen LogP contribution >= 0.6 is 0 Å². The molecule has 8 heteroatoms. The fourth-order valence-corrected chi connectivity index (χ4v) is 3.99. The average molecular weight is 450 g/mol. The number of nitrogens with zero attached hydrogens (tertiary/aromatic N) is 2. The summed E-state index contributed by atoms with van der Waals surface area (Å²) in [7, 11) is 0. The molecule has 0 radical (unpaired) electrons. The van der Waals surface area contributed by atoms with Crippen molar-refractivity contribution in [1.29, 1.82) is 0 Å². The Morgan fingerprint density at radius 1 is 1.03 bits per heavy atom. The summed E-state index contributed by atoms with van der Waals surface area (Å²) in [6, 6.07) is 16.7. The van der Waals surface area contributed by atoms with Gasteiger partial charge in [0.25, 0.3) is 5.91 Å². The van der Waals surface area contributed by atoms with E-state index >= 15 is 0 Å². The number of aliphatic carboxylic acids is 1. The highest BCUT2D eigenvalue weighted by Crippen LogP contribution is 2.30. The van der Waals surface area contributed by atoms with E-state index in [4.69, 9.17) is 14.4 Å². The highest BCUT2D eigenvalue weighted by molar-refractivity contribution is 6.03. The number of carboxylic acid groups (broad SMARTS) is 1. The molecule has 0 bridgehead atoms. The van der Waals surface area contributed by atoms with Gasteiger partial charge < -0.3 is 14.4 Å². The minimum Gasteiger partial charge on any atom is -0.490 e. The number of carboxylic acids is 1. The maximum absolute atomic E-state index is 12.6. The topological polar surface area (TPSA) is 115 Å². The number of hydrogen-bond acceptors (Lipinski definition) is 6. The first-order valence-electron chi connectivity index (χ1n) is 11.0. The molecule has 172 valence electrons. The van der Waals surface area contributed by atoms with Crippen LogP contribution in [0, 0.1) is 5.92 Å². The number of amides is 1. The van der Waals surface area contributed by atoms with Crippen molar-refractivity contribution in [3.8, 4) is 5.75 Å². The van der Waals surface area contributed by atoms with Gasteiger partial charge >= 0.3 is 12.0 Å².